The zero-order valence-corrected chi connectivity index (χ0v) is 14.2. The largest absolute Gasteiger partial charge is 0.322 e. The van der Waals surface area contributed by atoms with Gasteiger partial charge in [-0.3, -0.25) is 9.89 Å². The maximum atomic E-state index is 13.3. The van der Waals surface area contributed by atoms with Gasteiger partial charge in [-0.1, -0.05) is 0 Å². The molecule has 0 unspecified atom stereocenters. The highest BCUT2D eigenvalue weighted by atomic mass is 19.1. The number of nitrogens with one attached hydrogen (secondary N) is 3. The molecular weight excluding hydrogens is 350 g/mol. The molecule has 27 heavy (non-hydrogen) atoms. The molecule has 0 aliphatic rings. The number of aromatic nitrogens is 3. The molecule has 4 rings (SSSR count). The van der Waals surface area contributed by atoms with E-state index in [1.807, 2.05) is 0 Å². The van der Waals surface area contributed by atoms with Gasteiger partial charge >= 0.3 is 0 Å². The van der Waals surface area contributed by atoms with Crippen molar-refractivity contribution >= 4 is 10.9 Å². The minimum absolute atomic E-state index is 0.258. The fourth-order valence-electron chi connectivity index (χ4n) is 2.99. The van der Waals surface area contributed by atoms with Crippen molar-refractivity contribution in [1.29, 1.82) is 0 Å². The second-order valence-corrected chi connectivity index (χ2v) is 6.24. The predicted octanol–water partition coefficient (Wildman–Crippen LogP) is 3.49. The Kier molecular flexibility index (Phi) is 4.52. The molecule has 136 valence electrons. The highest BCUT2D eigenvalue weighted by Crippen LogP contribution is 2.21. The topological polar surface area (TPSA) is 73.6 Å². The van der Waals surface area contributed by atoms with Gasteiger partial charge in [0.25, 0.3) is 5.56 Å². The van der Waals surface area contributed by atoms with Crippen molar-refractivity contribution in [3.8, 4) is 11.3 Å². The van der Waals surface area contributed by atoms with Gasteiger partial charge in [0.05, 0.1) is 17.4 Å². The maximum absolute atomic E-state index is 13.3. The number of fused-ring (bicyclic) bond motifs is 1. The molecular formula is C20H16F2N4O. The van der Waals surface area contributed by atoms with Gasteiger partial charge in [0.2, 0.25) is 0 Å². The number of pyridine rings is 1. The fraction of sp³-hybridized carbons (Fsp3) is 0.100. The smallest absolute Gasteiger partial charge is 0.252 e. The first-order valence-corrected chi connectivity index (χ1v) is 8.40. The van der Waals surface area contributed by atoms with Crippen LogP contribution < -0.4 is 10.9 Å². The number of rotatable bonds is 5. The van der Waals surface area contributed by atoms with Crippen LogP contribution in [0.5, 0.6) is 0 Å². The van der Waals surface area contributed by atoms with Crippen LogP contribution in [0.4, 0.5) is 8.78 Å². The summed E-state index contributed by atoms with van der Waals surface area (Å²) in [5, 5.41) is 10.9. The molecule has 7 heteroatoms. The zero-order valence-electron chi connectivity index (χ0n) is 14.2. The number of nitrogens with zero attached hydrogens (tertiary/aromatic N) is 1. The van der Waals surface area contributed by atoms with Gasteiger partial charge in [-0.2, -0.15) is 5.10 Å². The van der Waals surface area contributed by atoms with Crippen molar-refractivity contribution in [3.05, 3.63) is 87.8 Å². The molecule has 0 bridgehead atoms. The van der Waals surface area contributed by atoms with Crippen LogP contribution in [0, 0.1) is 11.6 Å². The first kappa shape index (κ1) is 17.1. The SMILES string of the molecule is O=c1[nH]c2cc(F)ccc2cc1CNCc1cn[nH]c1-c1ccc(F)cc1. The molecule has 0 saturated carbocycles. The normalized spacial score (nSPS) is 11.2. The lowest BCUT2D eigenvalue weighted by atomic mass is 10.1. The number of aromatic amines is 2. The van der Waals surface area contributed by atoms with E-state index in [0.29, 0.717) is 24.2 Å². The number of H-pyrrole nitrogens is 2. The summed E-state index contributed by atoms with van der Waals surface area (Å²) in [6.45, 7) is 0.820. The Labute approximate surface area is 153 Å². The molecule has 2 heterocycles. The monoisotopic (exact) mass is 366 g/mol. The summed E-state index contributed by atoms with van der Waals surface area (Å²) in [7, 11) is 0. The highest BCUT2D eigenvalue weighted by Gasteiger charge is 2.09. The molecule has 0 atom stereocenters. The van der Waals surface area contributed by atoms with Gasteiger partial charge < -0.3 is 10.3 Å². The van der Waals surface area contributed by atoms with E-state index in [9.17, 15) is 13.6 Å². The van der Waals surface area contributed by atoms with Gasteiger partial charge in [0.15, 0.2) is 0 Å². The third kappa shape index (κ3) is 3.63. The predicted molar refractivity (Wildman–Crippen MR) is 99.1 cm³/mol. The quantitative estimate of drug-likeness (QED) is 0.506. The summed E-state index contributed by atoms with van der Waals surface area (Å²) >= 11 is 0. The van der Waals surface area contributed by atoms with Gasteiger partial charge in [-0.05, 0) is 53.9 Å². The van der Waals surface area contributed by atoms with E-state index in [2.05, 4.69) is 20.5 Å². The third-order valence-corrected chi connectivity index (χ3v) is 4.37. The average Bonchev–Trinajstić information content (AvgIpc) is 3.11. The molecule has 0 amide bonds. The van der Waals surface area contributed by atoms with E-state index in [1.165, 1.54) is 24.3 Å². The summed E-state index contributed by atoms with van der Waals surface area (Å²) < 4.78 is 26.4. The fourth-order valence-corrected chi connectivity index (χ4v) is 2.99. The van der Waals surface area contributed by atoms with Crippen molar-refractivity contribution < 1.29 is 8.78 Å². The Morgan fingerprint density at radius 3 is 2.48 bits per heavy atom. The Morgan fingerprint density at radius 1 is 0.926 bits per heavy atom. The summed E-state index contributed by atoms with van der Waals surface area (Å²) in [5.74, 6) is -0.689. The molecule has 5 nitrogen and oxygen atoms in total. The molecule has 0 radical (unpaired) electrons. The van der Waals surface area contributed by atoms with E-state index in [0.717, 1.165) is 22.2 Å². The van der Waals surface area contributed by atoms with Gasteiger partial charge in [-0.25, -0.2) is 8.78 Å². The van der Waals surface area contributed by atoms with Crippen LogP contribution in [0.15, 0.2) is 59.5 Å². The lowest BCUT2D eigenvalue weighted by Crippen LogP contribution is -2.20. The van der Waals surface area contributed by atoms with Crippen molar-refractivity contribution in [2.24, 2.45) is 0 Å². The number of halogens is 2. The molecule has 0 spiro atoms. The van der Waals surface area contributed by atoms with E-state index in [1.54, 1.807) is 30.5 Å². The van der Waals surface area contributed by atoms with E-state index in [4.69, 9.17) is 0 Å². The second kappa shape index (κ2) is 7.13. The van der Waals surface area contributed by atoms with Crippen LogP contribution in [0.1, 0.15) is 11.1 Å². The third-order valence-electron chi connectivity index (χ3n) is 4.37. The van der Waals surface area contributed by atoms with E-state index < -0.39 is 5.82 Å². The van der Waals surface area contributed by atoms with Crippen LogP contribution in [0.25, 0.3) is 22.2 Å². The Hall–Kier alpha value is -3.32. The Bertz CT molecular complexity index is 1150. The number of hydrogen-bond acceptors (Lipinski definition) is 3. The van der Waals surface area contributed by atoms with Crippen LogP contribution >= 0.6 is 0 Å². The van der Waals surface area contributed by atoms with E-state index >= 15 is 0 Å². The van der Waals surface area contributed by atoms with Crippen molar-refractivity contribution in [3.63, 3.8) is 0 Å². The zero-order chi connectivity index (χ0) is 18.8. The maximum Gasteiger partial charge on any atom is 0.252 e. The minimum atomic E-state index is -0.391. The molecule has 3 N–H and O–H groups in total. The molecule has 0 saturated heterocycles. The van der Waals surface area contributed by atoms with Crippen LogP contribution in [-0.4, -0.2) is 15.2 Å². The highest BCUT2D eigenvalue weighted by molar-refractivity contribution is 5.78. The Morgan fingerprint density at radius 2 is 1.67 bits per heavy atom. The Balaban J connectivity index is 1.49. The van der Waals surface area contributed by atoms with Gasteiger partial charge in [-0.15, -0.1) is 0 Å². The van der Waals surface area contributed by atoms with Crippen molar-refractivity contribution in [2.75, 3.05) is 0 Å². The summed E-state index contributed by atoms with van der Waals surface area (Å²) in [6, 6.07) is 12.2. The lowest BCUT2D eigenvalue weighted by Gasteiger charge is -2.07. The van der Waals surface area contributed by atoms with Gasteiger partial charge in [0.1, 0.15) is 11.6 Å². The van der Waals surface area contributed by atoms with Crippen molar-refractivity contribution in [1.82, 2.24) is 20.5 Å². The van der Waals surface area contributed by atoms with Crippen LogP contribution in [0.3, 0.4) is 0 Å². The van der Waals surface area contributed by atoms with Gasteiger partial charge in [0, 0.05) is 29.8 Å². The average molecular weight is 366 g/mol. The standard InChI is InChI=1S/C20H16F2N4O/c21-16-4-1-12(2-5-16)19-15(11-24-26-19)10-23-9-14-7-13-3-6-17(22)8-18(13)25-20(14)27/h1-8,11,23H,9-10H2,(H,24,26)(H,25,27). The van der Waals surface area contributed by atoms with Crippen molar-refractivity contribution in [2.45, 2.75) is 13.1 Å². The first-order chi connectivity index (χ1) is 13.1. The molecule has 0 aliphatic heterocycles. The summed E-state index contributed by atoms with van der Waals surface area (Å²) in [5.41, 5.74) is 3.30. The molecule has 4 aromatic rings. The minimum Gasteiger partial charge on any atom is -0.322 e. The molecule has 0 aliphatic carbocycles. The van der Waals surface area contributed by atoms with E-state index in [-0.39, 0.29) is 11.4 Å². The molecule has 2 aromatic heterocycles. The number of hydrogen-bond donors (Lipinski definition) is 3. The lowest BCUT2D eigenvalue weighted by molar-refractivity contribution is 0.628. The van der Waals surface area contributed by atoms with Crippen LogP contribution in [-0.2, 0) is 13.1 Å². The summed E-state index contributed by atoms with van der Waals surface area (Å²) in [6.07, 6.45) is 1.69. The number of benzene rings is 2. The first-order valence-electron chi connectivity index (χ1n) is 8.40. The molecule has 0 fully saturated rings. The second-order valence-electron chi connectivity index (χ2n) is 6.24. The summed E-state index contributed by atoms with van der Waals surface area (Å²) in [4.78, 5) is 14.9. The molecule has 2 aromatic carbocycles. The van der Waals surface area contributed by atoms with Crippen LogP contribution in [0.2, 0.25) is 0 Å².